The Kier molecular flexibility index (Phi) is 7.91. The summed E-state index contributed by atoms with van der Waals surface area (Å²) in [6.07, 6.45) is 2.80. The van der Waals surface area contributed by atoms with Crippen molar-refractivity contribution >= 4 is 28.7 Å². The Morgan fingerprint density at radius 2 is 2.00 bits per heavy atom. The Labute approximate surface area is 180 Å². The van der Waals surface area contributed by atoms with Crippen molar-refractivity contribution in [1.82, 2.24) is 15.6 Å². The van der Waals surface area contributed by atoms with Gasteiger partial charge in [0.25, 0.3) is 5.91 Å². The molecular formula is C22H28N4O5. The lowest BCUT2D eigenvalue weighted by atomic mass is 10.1. The zero-order valence-electron chi connectivity index (χ0n) is 17.3. The highest BCUT2D eigenvalue weighted by atomic mass is 16.5. The topological polar surface area (TPSA) is 144 Å². The van der Waals surface area contributed by atoms with Gasteiger partial charge >= 0.3 is 5.97 Å². The molecule has 1 heterocycles. The third kappa shape index (κ3) is 6.22. The second-order valence-corrected chi connectivity index (χ2v) is 7.64. The van der Waals surface area contributed by atoms with Gasteiger partial charge < -0.3 is 26.2 Å². The maximum atomic E-state index is 12.9. The Morgan fingerprint density at radius 3 is 2.77 bits per heavy atom. The number of nitrogens with two attached hydrogens (primary N) is 1. The Morgan fingerprint density at radius 1 is 1.19 bits per heavy atom. The van der Waals surface area contributed by atoms with Crippen molar-refractivity contribution in [3.8, 4) is 0 Å². The van der Waals surface area contributed by atoms with E-state index in [0.717, 1.165) is 11.8 Å². The number of carbonyl (C=O) groups is 3. The van der Waals surface area contributed by atoms with E-state index in [1.54, 1.807) is 6.07 Å². The molecule has 2 aromatic rings. The fourth-order valence-electron chi connectivity index (χ4n) is 3.77. The summed E-state index contributed by atoms with van der Waals surface area (Å²) < 4.78 is 5.40. The number of benzene rings is 1. The number of nitrogens with zero attached hydrogens (tertiary/aromatic N) is 1. The number of hydrogen-bond donors (Lipinski definition) is 4. The fraction of sp³-hybridized carbons (Fsp3) is 0.455. The summed E-state index contributed by atoms with van der Waals surface area (Å²) in [5.41, 5.74) is 6.53. The first-order valence-corrected chi connectivity index (χ1v) is 10.5. The van der Waals surface area contributed by atoms with Crippen molar-refractivity contribution < 1.29 is 24.2 Å². The SMILES string of the molecule is NCCC[C@H](NC(=O)c1ccc2ccccc2n1)C(=O)N[C@H]1CCC[C@@H]1OCC(=O)O. The maximum absolute atomic E-state index is 12.9. The molecule has 3 rings (SSSR count). The van der Waals surface area contributed by atoms with Crippen LogP contribution in [0.1, 0.15) is 42.6 Å². The highest BCUT2D eigenvalue weighted by Gasteiger charge is 2.32. The first-order valence-electron chi connectivity index (χ1n) is 10.5. The molecule has 1 aromatic heterocycles. The van der Waals surface area contributed by atoms with Gasteiger partial charge in [0, 0.05) is 5.39 Å². The van der Waals surface area contributed by atoms with Gasteiger partial charge in [0.1, 0.15) is 18.3 Å². The quantitative estimate of drug-likeness (QED) is 0.445. The lowest BCUT2D eigenvalue weighted by molar-refractivity contribution is -0.144. The number of para-hydroxylation sites is 1. The predicted octanol–water partition coefficient (Wildman–Crippen LogP) is 1.21. The highest BCUT2D eigenvalue weighted by Crippen LogP contribution is 2.22. The van der Waals surface area contributed by atoms with Crippen LogP contribution in [0.5, 0.6) is 0 Å². The summed E-state index contributed by atoms with van der Waals surface area (Å²) in [7, 11) is 0. The highest BCUT2D eigenvalue weighted by molar-refractivity contribution is 5.97. The second-order valence-electron chi connectivity index (χ2n) is 7.64. The van der Waals surface area contributed by atoms with E-state index < -0.39 is 24.5 Å². The number of nitrogens with one attached hydrogen (secondary N) is 2. The third-order valence-corrected chi connectivity index (χ3v) is 5.35. The van der Waals surface area contributed by atoms with Gasteiger partial charge in [-0.25, -0.2) is 9.78 Å². The van der Waals surface area contributed by atoms with Crippen LogP contribution in [-0.4, -0.2) is 59.2 Å². The van der Waals surface area contributed by atoms with Crippen LogP contribution < -0.4 is 16.4 Å². The largest absolute Gasteiger partial charge is 0.480 e. The molecule has 1 aromatic carbocycles. The zero-order valence-corrected chi connectivity index (χ0v) is 17.3. The smallest absolute Gasteiger partial charge is 0.329 e. The summed E-state index contributed by atoms with van der Waals surface area (Å²) in [4.78, 5) is 40.8. The van der Waals surface area contributed by atoms with Crippen LogP contribution in [0.2, 0.25) is 0 Å². The van der Waals surface area contributed by atoms with Gasteiger partial charge in [-0.3, -0.25) is 9.59 Å². The molecule has 2 amide bonds. The van der Waals surface area contributed by atoms with Crippen molar-refractivity contribution in [3.63, 3.8) is 0 Å². The van der Waals surface area contributed by atoms with Crippen LogP contribution in [0.3, 0.4) is 0 Å². The molecule has 31 heavy (non-hydrogen) atoms. The van der Waals surface area contributed by atoms with Crippen molar-refractivity contribution in [2.24, 2.45) is 5.73 Å². The molecular weight excluding hydrogens is 400 g/mol. The fourth-order valence-corrected chi connectivity index (χ4v) is 3.77. The summed E-state index contributed by atoms with van der Waals surface area (Å²) in [5.74, 6) is -1.82. The van der Waals surface area contributed by atoms with Gasteiger partial charge in [-0.2, -0.15) is 0 Å². The van der Waals surface area contributed by atoms with Crippen molar-refractivity contribution in [3.05, 3.63) is 42.1 Å². The van der Waals surface area contributed by atoms with Crippen molar-refractivity contribution in [2.75, 3.05) is 13.2 Å². The number of carboxylic acid groups (broad SMARTS) is 1. The number of aromatic nitrogens is 1. The number of pyridine rings is 1. The molecule has 9 heteroatoms. The summed E-state index contributed by atoms with van der Waals surface area (Å²) >= 11 is 0. The van der Waals surface area contributed by atoms with Crippen LogP contribution in [0, 0.1) is 0 Å². The number of aliphatic carboxylic acids is 1. The summed E-state index contributed by atoms with van der Waals surface area (Å²) in [6.45, 7) is -0.0142. The molecule has 0 aliphatic heterocycles. The molecule has 166 valence electrons. The Balaban J connectivity index is 1.66. The van der Waals surface area contributed by atoms with E-state index in [9.17, 15) is 14.4 Å². The number of fused-ring (bicyclic) bond motifs is 1. The minimum absolute atomic E-state index is 0.229. The van der Waals surface area contributed by atoms with E-state index in [-0.39, 0.29) is 23.7 Å². The zero-order chi connectivity index (χ0) is 22.2. The van der Waals surface area contributed by atoms with Crippen LogP contribution in [0.25, 0.3) is 10.9 Å². The summed E-state index contributed by atoms with van der Waals surface area (Å²) in [5, 5.41) is 15.4. The Hall–Kier alpha value is -3.04. The van der Waals surface area contributed by atoms with Gasteiger partial charge in [-0.15, -0.1) is 0 Å². The molecule has 1 saturated carbocycles. The van der Waals surface area contributed by atoms with E-state index in [2.05, 4.69) is 15.6 Å². The van der Waals surface area contributed by atoms with Gasteiger partial charge in [-0.1, -0.05) is 24.3 Å². The number of carbonyl (C=O) groups excluding carboxylic acids is 2. The summed E-state index contributed by atoms with van der Waals surface area (Å²) in [6, 6.07) is 9.85. The third-order valence-electron chi connectivity index (χ3n) is 5.35. The number of hydrogen-bond acceptors (Lipinski definition) is 6. The van der Waals surface area contributed by atoms with E-state index in [1.165, 1.54) is 0 Å². The first kappa shape index (κ1) is 22.6. The predicted molar refractivity (Wildman–Crippen MR) is 114 cm³/mol. The van der Waals surface area contributed by atoms with E-state index in [0.29, 0.717) is 37.7 Å². The molecule has 1 fully saturated rings. The molecule has 9 nitrogen and oxygen atoms in total. The average Bonchev–Trinajstić information content (AvgIpc) is 3.21. The van der Waals surface area contributed by atoms with Crippen molar-refractivity contribution in [2.45, 2.75) is 50.3 Å². The van der Waals surface area contributed by atoms with Crippen LogP contribution >= 0.6 is 0 Å². The number of amides is 2. The Bertz CT molecular complexity index is 935. The average molecular weight is 428 g/mol. The van der Waals surface area contributed by atoms with Gasteiger partial charge in [0.15, 0.2) is 0 Å². The standard InChI is InChI=1S/C22H28N4O5/c23-12-4-8-17(21(29)25-16-7-3-9-19(16)31-13-20(27)28)26-22(30)18-11-10-14-5-1-2-6-15(14)24-18/h1-2,5-6,10-11,16-17,19H,3-4,7-9,12-13,23H2,(H,25,29)(H,26,30)(H,27,28)/t16-,17-,19-/m0/s1. The van der Waals surface area contributed by atoms with Crippen molar-refractivity contribution in [1.29, 1.82) is 0 Å². The molecule has 0 unspecified atom stereocenters. The molecule has 1 aliphatic carbocycles. The van der Waals surface area contributed by atoms with E-state index in [4.69, 9.17) is 15.6 Å². The molecule has 5 N–H and O–H groups in total. The van der Waals surface area contributed by atoms with Crippen LogP contribution in [0.4, 0.5) is 0 Å². The van der Waals surface area contributed by atoms with Gasteiger partial charge in [-0.05, 0) is 50.8 Å². The van der Waals surface area contributed by atoms with Crippen LogP contribution in [0.15, 0.2) is 36.4 Å². The molecule has 0 bridgehead atoms. The monoisotopic (exact) mass is 428 g/mol. The molecule has 3 atom stereocenters. The normalized spacial score (nSPS) is 19.1. The number of rotatable bonds is 10. The number of carboxylic acids is 1. The number of ether oxygens (including phenoxy) is 1. The van der Waals surface area contributed by atoms with E-state index >= 15 is 0 Å². The van der Waals surface area contributed by atoms with Gasteiger partial charge in [0.05, 0.1) is 17.7 Å². The first-order chi connectivity index (χ1) is 15.0. The molecule has 1 aliphatic rings. The molecule has 0 radical (unpaired) electrons. The second kappa shape index (κ2) is 10.8. The van der Waals surface area contributed by atoms with Gasteiger partial charge in [0.2, 0.25) is 5.91 Å². The lowest BCUT2D eigenvalue weighted by Gasteiger charge is -2.24. The molecule has 0 spiro atoms. The lowest BCUT2D eigenvalue weighted by Crippen LogP contribution is -2.52. The minimum atomic E-state index is -1.05. The maximum Gasteiger partial charge on any atom is 0.329 e. The molecule has 0 saturated heterocycles. The van der Waals surface area contributed by atoms with E-state index in [1.807, 2.05) is 30.3 Å². The van der Waals surface area contributed by atoms with Crippen LogP contribution in [-0.2, 0) is 14.3 Å². The minimum Gasteiger partial charge on any atom is -0.480 e.